The first kappa shape index (κ1) is 14.3. The molecule has 3 rings (SSSR count). The van der Waals surface area contributed by atoms with Crippen LogP contribution in [0.15, 0.2) is 18.3 Å². The fourth-order valence-corrected chi connectivity index (χ4v) is 2.67. The summed E-state index contributed by atoms with van der Waals surface area (Å²) in [5, 5.41) is 6.15. The van der Waals surface area contributed by atoms with Gasteiger partial charge in [0.2, 0.25) is 5.91 Å². The van der Waals surface area contributed by atoms with E-state index in [1.807, 2.05) is 12.3 Å². The normalized spacial score (nSPS) is 20.1. The quantitative estimate of drug-likeness (QED) is 0.795. The maximum Gasteiger partial charge on any atom is 0.225 e. The molecule has 0 atom stereocenters. The second kappa shape index (κ2) is 6.41. The monoisotopic (exact) mass is 289 g/mol. The molecule has 2 fully saturated rings. The molecule has 114 valence electrons. The van der Waals surface area contributed by atoms with Crippen molar-refractivity contribution in [2.75, 3.05) is 51.2 Å². The summed E-state index contributed by atoms with van der Waals surface area (Å²) in [7, 11) is 2.14. The van der Waals surface area contributed by atoms with Gasteiger partial charge in [0, 0.05) is 57.6 Å². The minimum Gasteiger partial charge on any atom is -0.354 e. The topological polar surface area (TPSA) is 60.5 Å². The van der Waals surface area contributed by atoms with Crippen molar-refractivity contribution in [2.24, 2.45) is 5.92 Å². The van der Waals surface area contributed by atoms with E-state index in [2.05, 4.69) is 38.5 Å². The highest BCUT2D eigenvalue weighted by molar-refractivity contribution is 5.80. The summed E-state index contributed by atoms with van der Waals surface area (Å²) in [5.41, 5.74) is 1.10. The van der Waals surface area contributed by atoms with Crippen molar-refractivity contribution in [3.63, 3.8) is 0 Å². The van der Waals surface area contributed by atoms with Gasteiger partial charge in [0.05, 0.1) is 5.92 Å². The van der Waals surface area contributed by atoms with E-state index in [-0.39, 0.29) is 11.8 Å². The Morgan fingerprint density at radius 2 is 2.14 bits per heavy atom. The molecule has 2 aliphatic rings. The predicted molar refractivity (Wildman–Crippen MR) is 82.2 cm³/mol. The summed E-state index contributed by atoms with van der Waals surface area (Å²) in [5.74, 6) is 1.29. The van der Waals surface area contributed by atoms with Crippen LogP contribution in [-0.2, 0) is 11.3 Å². The Hall–Kier alpha value is -1.66. The largest absolute Gasteiger partial charge is 0.354 e. The fraction of sp³-hybridized carbons (Fsp3) is 0.600. The van der Waals surface area contributed by atoms with E-state index in [0.29, 0.717) is 6.54 Å². The smallest absolute Gasteiger partial charge is 0.225 e. The Morgan fingerprint density at radius 1 is 1.38 bits per heavy atom. The van der Waals surface area contributed by atoms with Crippen molar-refractivity contribution in [2.45, 2.75) is 6.54 Å². The molecule has 1 aromatic heterocycles. The third-order valence-corrected chi connectivity index (χ3v) is 4.28. The maximum absolute atomic E-state index is 11.9. The molecule has 0 bridgehead atoms. The molecule has 0 radical (unpaired) electrons. The number of carbonyl (C=O) groups excluding carboxylic acids is 1. The molecule has 21 heavy (non-hydrogen) atoms. The number of aromatic nitrogens is 1. The van der Waals surface area contributed by atoms with Gasteiger partial charge in [-0.1, -0.05) is 6.07 Å². The molecule has 1 aromatic rings. The van der Waals surface area contributed by atoms with Gasteiger partial charge in [0.15, 0.2) is 0 Å². The average Bonchev–Trinajstić information content (AvgIpc) is 2.44. The number of carbonyl (C=O) groups is 1. The first-order valence-electron chi connectivity index (χ1n) is 7.60. The van der Waals surface area contributed by atoms with E-state index < -0.39 is 0 Å². The number of hydrogen-bond donors (Lipinski definition) is 2. The van der Waals surface area contributed by atoms with Gasteiger partial charge >= 0.3 is 0 Å². The van der Waals surface area contributed by atoms with Crippen molar-refractivity contribution in [1.82, 2.24) is 20.5 Å². The number of piperazine rings is 1. The Kier molecular flexibility index (Phi) is 4.36. The van der Waals surface area contributed by atoms with Gasteiger partial charge in [-0.05, 0) is 13.1 Å². The summed E-state index contributed by atoms with van der Waals surface area (Å²) in [6.07, 6.45) is 1.83. The van der Waals surface area contributed by atoms with Crippen LogP contribution in [0.4, 0.5) is 5.82 Å². The summed E-state index contributed by atoms with van der Waals surface area (Å²) in [4.78, 5) is 21.1. The molecular formula is C15H23N5O. The Balaban J connectivity index is 1.63. The predicted octanol–water partition coefficient (Wildman–Crippen LogP) is -0.331. The van der Waals surface area contributed by atoms with Crippen LogP contribution in [0.1, 0.15) is 5.56 Å². The molecule has 2 N–H and O–H groups in total. The van der Waals surface area contributed by atoms with E-state index in [1.54, 1.807) is 0 Å². The molecule has 2 aliphatic heterocycles. The molecular weight excluding hydrogens is 266 g/mol. The van der Waals surface area contributed by atoms with Gasteiger partial charge in [-0.3, -0.25) is 4.79 Å². The van der Waals surface area contributed by atoms with Gasteiger partial charge in [0.25, 0.3) is 0 Å². The first-order valence-corrected chi connectivity index (χ1v) is 7.60. The highest BCUT2D eigenvalue weighted by Gasteiger charge is 2.25. The Labute approximate surface area is 125 Å². The van der Waals surface area contributed by atoms with Crippen LogP contribution >= 0.6 is 0 Å². The molecule has 6 heteroatoms. The average molecular weight is 289 g/mol. The second-order valence-electron chi connectivity index (χ2n) is 5.85. The van der Waals surface area contributed by atoms with E-state index in [1.165, 1.54) is 0 Å². The Bertz CT molecular complexity index is 495. The van der Waals surface area contributed by atoms with Gasteiger partial charge < -0.3 is 20.4 Å². The zero-order valence-corrected chi connectivity index (χ0v) is 12.5. The molecule has 0 aromatic carbocycles. The number of nitrogens with one attached hydrogen (secondary N) is 2. The summed E-state index contributed by atoms with van der Waals surface area (Å²) in [6.45, 7) is 6.23. The molecule has 1 amide bonds. The highest BCUT2D eigenvalue weighted by Crippen LogP contribution is 2.18. The summed E-state index contributed by atoms with van der Waals surface area (Å²) in [6, 6.07) is 3.99. The maximum atomic E-state index is 11.9. The van der Waals surface area contributed by atoms with E-state index in [0.717, 1.165) is 50.6 Å². The lowest BCUT2D eigenvalue weighted by Gasteiger charge is -2.34. The lowest BCUT2D eigenvalue weighted by molar-refractivity contribution is -0.126. The summed E-state index contributed by atoms with van der Waals surface area (Å²) >= 11 is 0. The first-order chi connectivity index (χ1) is 10.2. The standard InChI is InChI=1S/C15H23N5O/c1-19-5-7-20(8-6-19)14-12(3-2-4-17-14)11-18-15(21)13-9-16-10-13/h2-4,13,16H,5-11H2,1H3,(H,18,21). The lowest BCUT2D eigenvalue weighted by Crippen LogP contribution is -2.50. The number of pyridine rings is 1. The van der Waals surface area contributed by atoms with Crippen LogP contribution in [0, 0.1) is 5.92 Å². The molecule has 2 saturated heterocycles. The molecule has 6 nitrogen and oxygen atoms in total. The minimum atomic E-state index is 0.133. The van der Waals surface area contributed by atoms with E-state index in [4.69, 9.17) is 0 Å². The SMILES string of the molecule is CN1CCN(c2ncccc2CNC(=O)C2CNC2)CC1. The van der Waals surface area contributed by atoms with Crippen molar-refractivity contribution in [1.29, 1.82) is 0 Å². The van der Waals surface area contributed by atoms with Gasteiger partial charge in [-0.25, -0.2) is 4.98 Å². The molecule has 0 saturated carbocycles. The molecule has 3 heterocycles. The Morgan fingerprint density at radius 3 is 2.81 bits per heavy atom. The molecule has 0 aliphatic carbocycles. The number of hydrogen-bond acceptors (Lipinski definition) is 5. The van der Waals surface area contributed by atoms with E-state index in [9.17, 15) is 4.79 Å². The van der Waals surface area contributed by atoms with Crippen LogP contribution in [0.3, 0.4) is 0 Å². The molecule has 0 unspecified atom stereocenters. The lowest BCUT2D eigenvalue weighted by atomic mass is 10.0. The minimum absolute atomic E-state index is 0.133. The number of likely N-dealkylation sites (N-methyl/N-ethyl adjacent to an activating group) is 1. The van der Waals surface area contributed by atoms with Crippen LogP contribution in [0.25, 0.3) is 0 Å². The van der Waals surface area contributed by atoms with Gasteiger partial charge in [-0.15, -0.1) is 0 Å². The number of rotatable bonds is 4. The molecule has 0 spiro atoms. The van der Waals surface area contributed by atoms with Crippen molar-refractivity contribution < 1.29 is 4.79 Å². The fourth-order valence-electron chi connectivity index (χ4n) is 2.67. The second-order valence-corrected chi connectivity index (χ2v) is 5.85. The van der Waals surface area contributed by atoms with Crippen LogP contribution in [0.2, 0.25) is 0 Å². The zero-order valence-electron chi connectivity index (χ0n) is 12.5. The highest BCUT2D eigenvalue weighted by atomic mass is 16.2. The van der Waals surface area contributed by atoms with E-state index >= 15 is 0 Å². The third-order valence-electron chi connectivity index (χ3n) is 4.28. The number of amides is 1. The van der Waals surface area contributed by atoms with Gasteiger partial charge in [-0.2, -0.15) is 0 Å². The van der Waals surface area contributed by atoms with Crippen molar-refractivity contribution in [3.8, 4) is 0 Å². The summed E-state index contributed by atoms with van der Waals surface area (Å²) < 4.78 is 0. The number of nitrogens with zero attached hydrogens (tertiary/aromatic N) is 3. The zero-order chi connectivity index (χ0) is 14.7. The van der Waals surface area contributed by atoms with Crippen LogP contribution in [-0.4, -0.2) is 62.1 Å². The van der Waals surface area contributed by atoms with Crippen molar-refractivity contribution >= 4 is 11.7 Å². The van der Waals surface area contributed by atoms with Crippen molar-refractivity contribution in [3.05, 3.63) is 23.9 Å². The van der Waals surface area contributed by atoms with Gasteiger partial charge in [0.1, 0.15) is 5.82 Å². The number of anilines is 1. The van der Waals surface area contributed by atoms with Crippen LogP contribution < -0.4 is 15.5 Å². The van der Waals surface area contributed by atoms with Crippen LogP contribution in [0.5, 0.6) is 0 Å². The third kappa shape index (κ3) is 3.33.